The summed E-state index contributed by atoms with van der Waals surface area (Å²) in [7, 11) is -1.59. The van der Waals surface area contributed by atoms with Crippen LogP contribution in [0.2, 0.25) is 0 Å². The Hall–Kier alpha value is -1.35. The zero-order valence-corrected chi connectivity index (χ0v) is 15.9. The molecule has 1 aromatic rings. The van der Waals surface area contributed by atoms with Gasteiger partial charge < -0.3 is 19.5 Å². The van der Waals surface area contributed by atoms with Gasteiger partial charge in [0.2, 0.25) is 10.0 Å². The minimum atomic E-state index is -3.62. The normalized spacial score (nSPS) is 30.0. The number of rotatable bonds is 3. The zero-order valence-electron chi connectivity index (χ0n) is 15.1. The molecule has 3 heterocycles. The number of nitrogens with zero attached hydrogens (tertiary/aromatic N) is 2. The van der Waals surface area contributed by atoms with Gasteiger partial charge in [-0.2, -0.15) is 4.31 Å². The first kappa shape index (κ1) is 18.0. The zero-order chi connectivity index (χ0) is 18.4. The van der Waals surface area contributed by atoms with E-state index >= 15 is 0 Å². The molecule has 0 bridgehead atoms. The van der Waals surface area contributed by atoms with E-state index < -0.39 is 10.0 Å². The monoisotopic (exact) mass is 382 g/mol. The van der Waals surface area contributed by atoms with Gasteiger partial charge in [-0.05, 0) is 45.0 Å². The number of aliphatic hydroxyl groups is 1. The van der Waals surface area contributed by atoms with Crippen LogP contribution in [0, 0.1) is 5.41 Å². The van der Waals surface area contributed by atoms with Crippen LogP contribution in [0.15, 0.2) is 23.1 Å². The summed E-state index contributed by atoms with van der Waals surface area (Å²) in [6.45, 7) is 2.79. The number of ether oxygens (including phenoxy) is 2. The van der Waals surface area contributed by atoms with Crippen molar-refractivity contribution in [1.29, 1.82) is 0 Å². The molecule has 26 heavy (non-hydrogen) atoms. The Labute approximate surface area is 154 Å². The minimum absolute atomic E-state index is 0.0435. The Morgan fingerprint density at radius 3 is 2.73 bits per heavy atom. The van der Waals surface area contributed by atoms with Gasteiger partial charge in [0.25, 0.3) is 0 Å². The average molecular weight is 382 g/mol. The van der Waals surface area contributed by atoms with Gasteiger partial charge in [-0.15, -0.1) is 0 Å². The summed E-state index contributed by atoms with van der Waals surface area (Å²) in [4.78, 5) is 2.43. The van der Waals surface area contributed by atoms with Crippen molar-refractivity contribution in [2.45, 2.75) is 30.2 Å². The highest BCUT2D eigenvalue weighted by atomic mass is 32.2. The maximum Gasteiger partial charge on any atom is 0.243 e. The van der Waals surface area contributed by atoms with E-state index in [0.717, 1.165) is 19.4 Å². The quantitative estimate of drug-likeness (QED) is 0.838. The lowest BCUT2D eigenvalue weighted by molar-refractivity contribution is -0.0508. The van der Waals surface area contributed by atoms with Crippen molar-refractivity contribution >= 4 is 10.0 Å². The minimum Gasteiger partial charge on any atom is -0.486 e. The molecule has 1 N–H and O–H groups in total. The summed E-state index contributed by atoms with van der Waals surface area (Å²) < 4.78 is 39.0. The van der Waals surface area contributed by atoms with Crippen LogP contribution in [0.25, 0.3) is 0 Å². The van der Waals surface area contributed by atoms with E-state index in [2.05, 4.69) is 4.90 Å². The van der Waals surface area contributed by atoms with Gasteiger partial charge >= 0.3 is 0 Å². The average Bonchev–Trinajstić information content (AvgIpc) is 2.67. The first-order valence-electron chi connectivity index (χ1n) is 9.17. The van der Waals surface area contributed by atoms with Gasteiger partial charge in [-0.25, -0.2) is 8.42 Å². The largest absolute Gasteiger partial charge is 0.486 e. The molecule has 0 aromatic heterocycles. The van der Waals surface area contributed by atoms with Crippen LogP contribution < -0.4 is 9.47 Å². The number of benzene rings is 1. The van der Waals surface area contributed by atoms with Gasteiger partial charge in [-0.3, -0.25) is 0 Å². The van der Waals surface area contributed by atoms with Gasteiger partial charge in [-0.1, -0.05) is 0 Å². The molecular formula is C18H26N2O5S. The molecule has 0 aliphatic carbocycles. The third kappa shape index (κ3) is 2.89. The number of sulfonamides is 1. The molecule has 0 spiro atoms. The summed E-state index contributed by atoms with van der Waals surface area (Å²) in [5, 5.41) is 10.0. The van der Waals surface area contributed by atoms with Crippen molar-refractivity contribution in [2.75, 3.05) is 46.5 Å². The number of likely N-dealkylation sites (tertiary alicyclic amines) is 1. The van der Waals surface area contributed by atoms with Crippen LogP contribution in [0.4, 0.5) is 0 Å². The Bertz CT molecular complexity index is 784. The molecule has 0 amide bonds. The van der Waals surface area contributed by atoms with Crippen LogP contribution in [-0.4, -0.2) is 75.3 Å². The Kier molecular flexibility index (Phi) is 4.63. The Morgan fingerprint density at radius 2 is 1.96 bits per heavy atom. The summed E-state index contributed by atoms with van der Waals surface area (Å²) in [5.74, 6) is 1.06. The molecule has 0 unspecified atom stereocenters. The Balaban J connectivity index is 1.61. The highest BCUT2D eigenvalue weighted by molar-refractivity contribution is 7.89. The smallest absolute Gasteiger partial charge is 0.243 e. The predicted octanol–water partition coefficient (Wildman–Crippen LogP) is 0.925. The number of hydrogen-bond donors (Lipinski definition) is 1. The van der Waals surface area contributed by atoms with Crippen LogP contribution >= 0.6 is 0 Å². The molecule has 144 valence electrons. The van der Waals surface area contributed by atoms with Gasteiger partial charge in [0.05, 0.1) is 11.5 Å². The van der Waals surface area contributed by atoms with Crippen molar-refractivity contribution in [3.63, 3.8) is 0 Å². The SMILES string of the molecule is CN1CCC[C@]2(CO)CCN(S(=O)(=O)c3ccc4c(c3)OCCO4)C[C@@H]12. The molecule has 7 nitrogen and oxygen atoms in total. The molecule has 8 heteroatoms. The lowest BCUT2D eigenvalue weighted by Crippen LogP contribution is -2.62. The summed E-state index contributed by atoms with van der Waals surface area (Å²) >= 11 is 0. The van der Waals surface area contributed by atoms with Gasteiger partial charge in [0, 0.05) is 30.6 Å². The molecular weight excluding hydrogens is 356 g/mol. The molecule has 2 fully saturated rings. The summed E-state index contributed by atoms with van der Waals surface area (Å²) in [5.41, 5.74) is -0.189. The van der Waals surface area contributed by atoms with E-state index in [-0.39, 0.29) is 23.0 Å². The van der Waals surface area contributed by atoms with E-state index in [1.165, 1.54) is 0 Å². The Morgan fingerprint density at radius 1 is 1.19 bits per heavy atom. The topological polar surface area (TPSA) is 79.3 Å². The molecule has 2 saturated heterocycles. The van der Waals surface area contributed by atoms with Crippen LogP contribution in [0.5, 0.6) is 11.5 Å². The van der Waals surface area contributed by atoms with E-state index in [1.807, 2.05) is 7.05 Å². The predicted molar refractivity (Wildman–Crippen MR) is 96.0 cm³/mol. The number of likely N-dealkylation sites (N-methyl/N-ethyl adjacent to an activating group) is 1. The second-order valence-electron chi connectivity index (χ2n) is 7.54. The van der Waals surface area contributed by atoms with Crippen LogP contribution in [0.3, 0.4) is 0 Å². The second kappa shape index (κ2) is 6.67. The van der Waals surface area contributed by atoms with E-state index in [0.29, 0.717) is 44.2 Å². The van der Waals surface area contributed by atoms with Crippen molar-refractivity contribution < 1.29 is 23.0 Å². The molecule has 0 saturated carbocycles. The first-order valence-corrected chi connectivity index (χ1v) is 10.6. The molecule has 0 radical (unpaired) electrons. The van der Waals surface area contributed by atoms with E-state index in [4.69, 9.17) is 9.47 Å². The molecule has 3 aliphatic heterocycles. The van der Waals surface area contributed by atoms with E-state index in [9.17, 15) is 13.5 Å². The lowest BCUT2D eigenvalue weighted by atomic mass is 9.69. The van der Waals surface area contributed by atoms with Crippen molar-refractivity contribution in [1.82, 2.24) is 9.21 Å². The summed E-state index contributed by atoms with van der Waals surface area (Å²) in [6.07, 6.45) is 2.68. The maximum absolute atomic E-state index is 13.2. The van der Waals surface area contributed by atoms with Crippen LogP contribution in [-0.2, 0) is 10.0 Å². The fraction of sp³-hybridized carbons (Fsp3) is 0.667. The molecule has 1 aromatic carbocycles. The van der Waals surface area contributed by atoms with E-state index in [1.54, 1.807) is 22.5 Å². The van der Waals surface area contributed by atoms with Crippen molar-refractivity contribution in [2.24, 2.45) is 5.41 Å². The van der Waals surface area contributed by atoms with Crippen molar-refractivity contribution in [3.8, 4) is 11.5 Å². The fourth-order valence-electron chi connectivity index (χ4n) is 4.54. The third-order valence-corrected chi connectivity index (χ3v) is 7.99. The van der Waals surface area contributed by atoms with Gasteiger partial charge in [0.1, 0.15) is 13.2 Å². The second-order valence-corrected chi connectivity index (χ2v) is 9.48. The maximum atomic E-state index is 13.2. The standard InChI is InChI=1S/C18H26N2O5S/c1-19-7-2-5-18(13-21)6-8-20(12-17(18)19)26(22,23)14-3-4-15-16(11-14)25-10-9-24-15/h3-4,11,17,21H,2,5-10,12-13H2,1H3/t17-,18-/m1/s1. The highest BCUT2D eigenvalue weighted by Crippen LogP contribution is 2.43. The first-order chi connectivity index (χ1) is 12.5. The molecule has 3 aliphatic rings. The van der Waals surface area contributed by atoms with Gasteiger partial charge in [0.15, 0.2) is 11.5 Å². The fourth-order valence-corrected chi connectivity index (χ4v) is 6.00. The van der Waals surface area contributed by atoms with Crippen LogP contribution in [0.1, 0.15) is 19.3 Å². The lowest BCUT2D eigenvalue weighted by Gasteiger charge is -2.53. The molecule has 2 atom stereocenters. The number of aliphatic hydroxyl groups excluding tert-OH is 1. The highest BCUT2D eigenvalue weighted by Gasteiger charge is 2.48. The number of piperidine rings is 2. The summed E-state index contributed by atoms with van der Waals surface area (Å²) in [6, 6.07) is 4.85. The molecule has 4 rings (SSSR count). The number of hydrogen-bond acceptors (Lipinski definition) is 6. The number of fused-ring (bicyclic) bond motifs is 2. The third-order valence-electron chi connectivity index (χ3n) is 6.13. The van der Waals surface area contributed by atoms with Crippen molar-refractivity contribution in [3.05, 3.63) is 18.2 Å².